The molecule has 3 nitrogen and oxygen atoms in total. The lowest BCUT2D eigenvalue weighted by Gasteiger charge is -2.01. The van der Waals surface area contributed by atoms with E-state index in [1.807, 2.05) is 6.92 Å². The van der Waals surface area contributed by atoms with Gasteiger partial charge in [0.25, 0.3) is 0 Å². The third-order valence-corrected chi connectivity index (χ3v) is 1.22. The Morgan fingerprint density at radius 2 is 2.30 bits per heavy atom. The Morgan fingerprint density at radius 3 is 2.70 bits per heavy atom. The van der Waals surface area contributed by atoms with Crippen molar-refractivity contribution >= 4 is 5.91 Å². The van der Waals surface area contributed by atoms with Crippen molar-refractivity contribution in [2.45, 2.75) is 13.8 Å². The van der Waals surface area contributed by atoms with Crippen molar-refractivity contribution in [2.24, 2.45) is 5.73 Å². The lowest BCUT2D eigenvalue weighted by atomic mass is 10.3. The van der Waals surface area contributed by atoms with Crippen LogP contribution < -0.4 is 11.1 Å². The van der Waals surface area contributed by atoms with Gasteiger partial charge in [0.2, 0.25) is 5.91 Å². The molecule has 0 spiro atoms. The molecule has 0 aromatic heterocycles. The summed E-state index contributed by atoms with van der Waals surface area (Å²) in [5, 5.41) is 2.65. The zero-order valence-electron chi connectivity index (χ0n) is 6.48. The molecular weight excluding hydrogens is 128 g/mol. The SMILES string of the molecule is CC=C(C)C(=O)NCCN. The molecule has 0 bridgehead atoms. The van der Waals surface area contributed by atoms with Gasteiger partial charge < -0.3 is 11.1 Å². The Morgan fingerprint density at radius 1 is 1.70 bits per heavy atom. The van der Waals surface area contributed by atoms with E-state index in [0.717, 1.165) is 5.57 Å². The second-order valence-corrected chi connectivity index (χ2v) is 2.02. The van der Waals surface area contributed by atoms with Crippen LogP contribution in [-0.4, -0.2) is 19.0 Å². The number of amides is 1. The number of hydrogen-bond acceptors (Lipinski definition) is 2. The highest BCUT2D eigenvalue weighted by Gasteiger charge is 1.98. The molecule has 0 unspecified atom stereocenters. The molecule has 3 N–H and O–H groups in total. The van der Waals surface area contributed by atoms with Crippen LogP contribution in [-0.2, 0) is 4.79 Å². The van der Waals surface area contributed by atoms with Crippen LogP contribution in [0.4, 0.5) is 0 Å². The van der Waals surface area contributed by atoms with E-state index >= 15 is 0 Å². The Balaban J connectivity index is 3.63. The van der Waals surface area contributed by atoms with E-state index in [1.165, 1.54) is 0 Å². The number of allylic oxidation sites excluding steroid dienone is 1. The first-order chi connectivity index (χ1) is 4.72. The quantitative estimate of drug-likeness (QED) is 0.546. The van der Waals surface area contributed by atoms with Gasteiger partial charge in [-0.25, -0.2) is 0 Å². The van der Waals surface area contributed by atoms with Crippen molar-refractivity contribution in [3.05, 3.63) is 11.6 Å². The average molecular weight is 142 g/mol. The maximum Gasteiger partial charge on any atom is 0.246 e. The summed E-state index contributed by atoms with van der Waals surface area (Å²) >= 11 is 0. The molecule has 0 aliphatic carbocycles. The van der Waals surface area contributed by atoms with Gasteiger partial charge in [-0.3, -0.25) is 4.79 Å². The molecule has 1 amide bonds. The summed E-state index contributed by atoms with van der Waals surface area (Å²) in [5.41, 5.74) is 5.91. The highest BCUT2D eigenvalue weighted by molar-refractivity contribution is 5.92. The van der Waals surface area contributed by atoms with E-state index in [2.05, 4.69) is 5.32 Å². The molecule has 0 saturated heterocycles. The second-order valence-electron chi connectivity index (χ2n) is 2.02. The second kappa shape index (κ2) is 4.99. The van der Waals surface area contributed by atoms with Crippen molar-refractivity contribution in [3.63, 3.8) is 0 Å². The lowest BCUT2D eigenvalue weighted by Crippen LogP contribution is -2.29. The zero-order valence-corrected chi connectivity index (χ0v) is 6.48. The average Bonchev–Trinajstić information content (AvgIpc) is 1.98. The van der Waals surface area contributed by atoms with Crippen molar-refractivity contribution in [1.29, 1.82) is 0 Å². The fraction of sp³-hybridized carbons (Fsp3) is 0.571. The molecule has 10 heavy (non-hydrogen) atoms. The Hall–Kier alpha value is -0.830. The van der Waals surface area contributed by atoms with Gasteiger partial charge in [0.05, 0.1) is 0 Å². The number of rotatable bonds is 3. The smallest absolute Gasteiger partial charge is 0.246 e. The number of carbonyl (C=O) groups is 1. The predicted molar refractivity (Wildman–Crippen MR) is 41.5 cm³/mol. The lowest BCUT2D eigenvalue weighted by molar-refractivity contribution is -0.117. The summed E-state index contributed by atoms with van der Waals surface area (Å²) in [7, 11) is 0. The highest BCUT2D eigenvalue weighted by Crippen LogP contribution is 1.89. The van der Waals surface area contributed by atoms with E-state index in [0.29, 0.717) is 13.1 Å². The molecule has 0 atom stereocenters. The van der Waals surface area contributed by atoms with E-state index < -0.39 is 0 Å². The largest absolute Gasteiger partial charge is 0.351 e. The zero-order chi connectivity index (χ0) is 7.98. The summed E-state index contributed by atoms with van der Waals surface area (Å²) in [4.78, 5) is 10.9. The minimum absolute atomic E-state index is 0.0343. The first kappa shape index (κ1) is 9.17. The predicted octanol–water partition coefficient (Wildman–Crippen LogP) is 0.0275. The van der Waals surface area contributed by atoms with Gasteiger partial charge in [0.1, 0.15) is 0 Å². The van der Waals surface area contributed by atoms with E-state index in [-0.39, 0.29) is 5.91 Å². The first-order valence-corrected chi connectivity index (χ1v) is 3.33. The maximum absolute atomic E-state index is 10.9. The number of hydrogen-bond donors (Lipinski definition) is 2. The van der Waals surface area contributed by atoms with Crippen LogP contribution in [0, 0.1) is 0 Å². The molecule has 0 saturated carbocycles. The summed E-state index contributed by atoms with van der Waals surface area (Å²) in [6.07, 6.45) is 1.77. The van der Waals surface area contributed by atoms with Gasteiger partial charge in [0, 0.05) is 18.7 Å². The van der Waals surface area contributed by atoms with E-state index in [1.54, 1.807) is 13.0 Å². The fourth-order valence-corrected chi connectivity index (χ4v) is 0.456. The van der Waals surface area contributed by atoms with Crippen LogP contribution in [0.5, 0.6) is 0 Å². The molecule has 0 fully saturated rings. The van der Waals surface area contributed by atoms with Gasteiger partial charge >= 0.3 is 0 Å². The van der Waals surface area contributed by atoms with Gasteiger partial charge in [-0.05, 0) is 13.8 Å². The number of nitrogens with one attached hydrogen (secondary N) is 1. The first-order valence-electron chi connectivity index (χ1n) is 3.33. The summed E-state index contributed by atoms with van der Waals surface area (Å²) in [5.74, 6) is -0.0343. The molecular formula is C7H14N2O. The van der Waals surface area contributed by atoms with Gasteiger partial charge in [0.15, 0.2) is 0 Å². The van der Waals surface area contributed by atoms with Crippen LogP contribution in [0.3, 0.4) is 0 Å². The van der Waals surface area contributed by atoms with Crippen molar-refractivity contribution in [3.8, 4) is 0 Å². The Labute approximate surface area is 61.3 Å². The van der Waals surface area contributed by atoms with Gasteiger partial charge in [-0.2, -0.15) is 0 Å². The van der Waals surface area contributed by atoms with Crippen molar-refractivity contribution in [2.75, 3.05) is 13.1 Å². The maximum atomic E-state index is 10.9. The summed E-state index contributed by atoms with van der Waals surface area (Å²) in [6, 6.07) is 0. The van der Waals surface area contributed by atoms with Gasteiger partial charge in [-0.15, -0.1) is 0 Å². The van der Waals surface area contributed by atoms with Crippen LogP contribution in [0.25, 0.3) is 0 Å². The Bertz CT molecular complexity index is 141. The summed E-state index contributed by atoms with van der Waals surface area (Å²) < 4.78 is 0. The number of carbonyl (C=O) groups excluding carboxylic acids is 1. The molecule has 0 aliphatic heterocycles. The van der Waals surface area contributed by atoms with Crippen LogP contribution in [0.1, 0.15) is 13.8 Å². The van der Waals surface area contributed by atoms with Crippen LogP contribution in [0.2, 0.25) is 0 Å². The molecule has 0 aromatic rings. The van der Waals surface area contributed by atoms with Gasteiger partial charge in [-0.1, -0.05) is 6.08 Å². The standard InChI is InChI=1S/C7H14N2O/c1-3-6(2)7(10)9-5-4-8/h3H,4-5,8H2,1-2H3,(H,9,10). The molecule has 0 radical (unpaired) electrons. The minimum atomic E-state index is -0.0343. The number of nitrogens with two attached hydrogens (primary N) is 1. The molecule has 0 aliphatic rings. The minimum Gasteiger partial charge on any atom is -0.351 e. The molecule has 58 valence electrons. The normalized spacial score (nSPS) is 11.3. The van der Waals surface area contributed by atoms with Crippen molar-refractivity contribution in [1.82, 2.24) is 5.32 Å². The molecule has 0 heterocycles. The fourth-order valence-electron chi connectivity index (χ4n) is 0.456. The van der Waals surface area contributed by atoms with Crippen LogP contribution in [0.15, 0.2) is 11.6 Å². The van der Waals surface area contributed by atoms with Crippen LogP contribution >= 0.6 is 0 Å². The molecule has 3 heteroatoms. The van der Waals surface area contributed by atoms with E-state index in [9.17, 15) is 4.79 Å². The molecule has 0 aromatic carbocycles. The monoisotopic (exact) mass is 142 g/mol. The van der Waals surface area contributed by atoms with Crippen molar-refractivity contribution < 1.29 is 4.79 Å². The van der Waals surface area contributed by atoms with E-state index in [4.69, 9.17) is 5.73 Å². The molecule has 0 rings (SSSR count). The summed E-state index contributed by atoms with van der Waals surface area (Å²) in [6.45, 7) is 4.63. The third kappa shape index (κ3) is 3.25. The Kier molecular flexibility index (Phi) is 4.58. The highest BCUT2D eigenvalue weighted by atomic mass is 16.1. The topological polar surface area (TPSA) is 55.1 Å². The third-order valence-electron chi connectivity index (χ3n) is 1.22.